The zero-order chi connectivity index (χ0) is 28.7. The number of nitrogens with one attached hydrogen (secondary N) is 1. The molecule has 2 amide bonds. The molecule has 8 nitrogen and oxygen atoms in total. The van der Waals surface area contributed by atoms with Gasteiger partial charge in [-0.15, -0.1) is 0 Å². The average molecular weight is 538 g/mol. The van der Waals surface area contributed by atoms with Crippen LogP contribution in [0.5, 0.6) is 0 Å². The number of rotatable bonds is 12. The molecule has 9 heteroatoms. The highest BCUT2D eigenvalue weighted by Crippen LogP contribution is 2.29. The van der Waals surface area contributed by atoms with Crippen molar-refractivity contribution >= 4 is 11.8 Å². The lowest BCUT2D eigenvalue weighted by atomic mass is 10.1. The van der Waals surface area contributed by atoms with Crippen molar-refractivity contribution in [2.75, 3.05) is 14.1 Å². The second-order valence-corrected chi connectivity index (χ2v) is 10.2. The number of amides is 2. The average Bonchev–Trinajstić information content (AvgIpc) is 3.30. The molecular weight excluding hydrogens is 499 g/mol. The third-order valence-corrected chi connectivity index (χ3v) is 6.47. The molecule has 0 saturated heterocycles. The van der Waals surface area contributed by atoms with E-state index in [4.69, 9.17) is 4.98 Å². The van der Waals surface area contributed by atoms with Crippen LogP contribution >= 0.6 is 0 Å². The van der Waals surface area contributed by atoms with Crippen LogP contribution in [0.4, 0.5) is 4.39 Å². The minimum atomic E-state index is -0.764. The van der Waals surface area contributed by atoms with Gasteiger partial charge in [-0.1, -0.05) is 32.9 Å². The van der Waals surface area contributed by atoms with Crippen LogP contribution < -0.4 is 5.32 Å². The SMILES string of the molecule is [CH2]CC(O)CC(O)CCn1c(-c2ccc(F)cc2)nc(C(=O)NCc2cccc(C(=O)N(C)C)c2)c1C(C)C. The van der Waals surface area contributed by atoms with E-state index < -0.39 is 12.2 Å². The fraction of sp³-hybridized carbons (Fsp3) is 0.400. The maximum Gasteiger partial charge on any atom is 0.272 e. The quantitative estimate of drug-likeness (QED) is 0.322. The molecule has 209 valence electrons. The minimum Gasteiger partial charge on any atom is -0.393 e. The topological polar surface area (TPSA) is 108 Å². The van der Waals surface area contributed by atoms with Gasteiger partial charge in [0.05, 0.1) is 17.9 Å². The molecule has 1 heterocycles. The Bertz CT molecular complexity index is 1270. The Labute approximate surface area is 229 Å². The van der Waals surface area contributed by atoms with Crippen LogP contribution in [0.1, 0.15) is 71.1 Å². The predicted octanol–water partition coefficient (Wildman–Crippen LogP) is 4.17. The first kappa shape index (κ1) is 30.0. The number of aliphatic hydroxyl groups excluding tert-OH is 2. The number of aromatic nitrogens is 2. The van der Waals surface area contributed by atoms with Gasteiger partial charge in [0.1, 0.15) is 17.3 Å². The summed E-state index contributed by atoms with van der Waals surface area (Å²) in [6.45, 7) is 8.13. The summed E-state index contributed by atoms with van der Waals surface area (Å²) < 4.78 is 15.6. The van der Waals surface area contributed by atoms with Crippen molar-refractivity contribution in [1.82, 2.24) is 19.8 Å². The molecule has 0 aliphatic heterocycles. The van der Waals surface area contributed by atoms with Crippen molar-refractivity contribution in [3.05, 3.63) is 83.8 Å². The molecule has 1 aromatic heterocycles. The molecule has 39 heavy (non-hydrogen) atoms. The Morgan fingerprint density at radius 1 is 1.10 bits per heavy atom. The van der Waals surface area contributed by atoms with Gasteiger partial charge in [-0.05, 0) is 67.1 Å². The highest BCUT2D eigenvalue weighted by atomic mass is 19.1. The van der Waals surface area contributed by atoms with Crippen LogP contribution in [0, 0.1) is 12.7 Å². The zero-order valence-corrected chi connectivity index (χ0v) is 23.0. The molecule has 0 saturated carbocycles. The molecule has 0 fully saturated rings. The number of carbonyl (C=O) groups is 2. The second kappa shape index (κ2) is 13.5. The van der Waals surface area contributed by atoms with E-state index in [1.807, 2.05) is 24.5 Å². The highest BCUT2D eigenvalue weighted by molar-refractivity contribution is 5.95. The van der Waals surface area contributed by atoms with Crippen molar-refractivity contribution < 1.29 is 24.2 Å². The van der Waals surface area contributed by atoms with E-state index in [1.165, 1.54) is 17.0 Å². The predicted molar refractivity (Wildman–Crippen MR) is 149 cm³/mol. The van der Waals surface area contributed by atoms with E-state index in [9.17, 15) is 24.2 Å². The fourth-order valence-electron chi connectivity index (χ4n) is 4.43. The molecular formula is C30H38FN4O4. The molecule has 0 aliphatic rings. The Morgan fingerprint density at radius 2 is 1.79 bits per heavy atom. The van der Waals surface area contributed by atoms with E-state index in [2.05, 4.69) is 12.2 Å². The summed E-state index contributed by atoms with van der Waals surface area (Å²) in [5.41, 5.74) is 2.87. The maximum absolute atomic E-state index is 13.7. The summed E-state index contributed by atoms with van der Waals surface area (Å²) in [5, 5.41) is 23.3. The molecule has 2 unspecified atom stereocenters. The summed E-state index contributed by atoms with van der Waals surface area (Å²) in [5.74, 6) is -0.481. The van der Waals surface area contributed by atoms with Gasteiger partial charge in [-0.3, -0.25) is 9.59 Å². The van der Waals surface area contributed by atoms with E-state index in [1.54, 1.807) is 44.4 Å². The highest BCUT2D eigenvalue weighted by Gasteiger charge is 2.26. The number of imidazole rings is 1. The Morgan fingerprint density at radius 3 is 2.41 bits per heavy atom. The largest absolute Gasteiger partial charge is 0.393 e. The first-order valence-corrected chi connectivity index (χ1v) is 13.1. The first-order valence-electron chi connectivity index (χ1n) is 13.1. The van der Waals surface area contributed by atoms with Gasteiger partial charge in [-0.25, -0.2) is 9.37 Å². The van der Waals surface area contributed by atoms with Gasteiger partial charge in [0.25, 0.3) is 11.8 Å². The molecule has 3 aromatic rings. The van der Waals surface area contributed by atoms with Crippen LogP contribution in [0.2, 0.25) is 0 Å². The number of aliphatic hydroxyl groups is 2. The molecule has 2 aromatic carbocycles. The summed E-state index contributed by atoms with van der Waals surface area (Å²) in [6, 6.07) is 13.0. The number of hydrogen-bond acceptors (Lipinski definition) is 5. The molecule has 0 aliphatic carbocycles. The number of hydrogen-bond donors (Lipinski definition) is 3. The fourth-order valence-corrected chi connectivity index (χ4v) is 4.43. The van der Waals surface area contributed by atoms with Crippen LogP contribution in [-0.2, 0) is 13.1 Å². The van der Waals surface area contributed by atoms with Crippen LogP contribution in [0.25, 0.3) is 11.4 Å². The van der Waals surface area contributed by atoms with Crippen molar-refractivity contribution in [2.24, 2.45) is 0 Å². The van der Waals surface area contributed by atoms with Crippen molar-refractivity contribution in [2.45, 2.75) is 64.3 Å². The molecule has 3 N–H and O–H groups in total. The summed E-state index contributed by atoms with van der Waals surface area (Å²) >= 11 is 0. The van der Waals surface area contributed by atoms with Crippen LogP contribution in [0.3, 0.4) is 0 Å². The van der Waals surface area contributed by atoms with Gasteiger partial charge < -0.3 is 25.0 Å². The molecule has 1 radical (unpaired) electrons. The van der Waals surface area contributed by atoms with E-state index in [0.29, 0.717) is 42.0 Å². The van der Waals surface area contributed by atoms with Crippen molar-refractivity contribution in [3.63, 3.8) is 0 Å². The first-order chi connectivity index (χ1) is 18.5. The van der Waals surface area contributed by atoms with Gasteiger partial charge >= 0.3 is 0 Å². The van der Waals surface area contributed by atoms with E-state index >= 15 is 0 Å². The van der Waals surface area contributed by atoms with E-state index in [0.717, 1.165) is 5.56 Å². The molecule has 2 atom stereocenters. The van der Waals surface area contributed by atoms with Crippen LogP contribution in [0.15, 0.2) is 48.5 Å². The summed E-state index contributed by atoms with van der Waals surface area (Å²) in [6.07, 6.45) is -0.633. The van der Waals surface area contributed by atoms with Crippen molar-refractivity contribution in [3.8, 4) is 11.4 Å². The zero-order valence-electron chi connectivity index (χ0n) is 23.0. The normalized spacial score (nSPS) is 12.8. The minimum absolute atomic E-state index is 0.0870. The Hall–Kier alpha value is -3.56. The van der Waals surface area contributed by atoms with Gasteiger partial charge in [0.15, 0.2) is 0 Å². The molecule has 0 bridgehead atoms. The third-order valence-electron chi connectivity index (χ3n) is 6.47. The number of carbonyl (C=O) groups excluding carboxylic acids is 2. The van der Waals surface area contributed by atoms with E-state index in [-0.39, 0.29) is 42.2 Å². The maximum atomic E-state index is 13.7. The molecule has 0 spiro atoms. The third kappa shape index (κ3) is 7.74. The monoisotopic (exact) mass is 537 g/mol. The standard InChI is InChI=1S/C30H38FN4O4/c1-6-24(36)17-25(37)14-15-35-27(19(2)3)26(33-28(35)21-10-12-23(31)13-11-21)29(38)32-18-20-8-7-9-22(16-20)30(39)34(4)5/h7-13,16,19,24-25,36-37H,1,6,14-15,17-18H2,2-5H3,(H,32,38). The smallest absolute Gasteiger partial charge is 0.272 e. The van der Waals surface area contributed by atoms with Gasteiger partial charge in [0, 0.05) is 38.3 Å². The number of nitrogens with zero attached hydrogens (tertiary/aromatic N) is 3. The van der Waals surface area contributed by atoms with Gasteiger partial charge in [-0.2, -0.15) is 0 Å². The summed E-state index contributed by atoms with van der Waals surface area (Å²) in [4.78, 5) is 31.9. The Balaban J connectivity index is 1.92. The van der Waals surface area contributed by atoms with Crippen LogP contribution in [-0.4, -0.2) is 62.8 Å². The lowest BCUT2D eigenvalue weighted by Crippen LogP contribution is -2.26. The lowest BCUT2D eigenvalue weighted by Gasteiger charge is -2.19. The summed E-state index contributed by atoms with van der Waals surface area (Å²) in [7, 11) is 3.36. The van der Waals surface area contributed by atoms with Gasteiger partial charge in [0.2, 0.25) is 0 Å². The molecule has 3 rings (SSSR count). The second-order valence-electron chi connectivity index (χ2n) is 10.2. The number of halogens is 1. The lowest BCUT2D eigenvalue weighted by molar-refractivity contribution is 0.0741. The number of benzene rings is 2. The van der Waals surface area contributed by atoms with Crippen molar-refractivity contribution in [1.29, 1.82) is 0 Å². The Kier molecular flexibility index (Phi) is 10.4.